The normalized spacial score (nSPS) is 24.8. The van der Waals surface area contributed by atoms with E-state index in [2.05, 4.69) is 5.32 Å². The van der Waals surface area contributed by atoms with Gasteiger partial charge in [0.15, 0.2) is 0 Å². The number of carbonyl (C=O) groups is 2. The highest BCUT2D eigenvalue weighted by atomic mass is 16.4. The third-order valence-corrected chi connectivity index (χ3v) is 2.73. The van der Waals surface area contributed by atoms with Gasteiger partial charge in [0.1, 0.15) is 11.4 Å². The molecule has 0 radical (unpaired) electrons. The van der Waals surface area contributed by atoms with Crippen molar-refractivity contribution in [1.29, 1.82) is 0 Å². The molecule has 0 amide bonds. The highest BCUT2D eigenvalue weighted by Gasteiger charge is 2.34. The summed E-state index contributed by atoms with van der Waals surface area (Å²) in [5.74, 6) is -2.50. The van der Waals surface area contributed by atoms with Crippen molar-refractivity contribution in [3.05, 3.63) is 23.0 Å². The van der Waals surface area contributed by atoms with Crippen molar-refractivity contribution in [2.45, 2.75) is 13.8 Å². The molecule has 88 valence electrons. The number of hydrogen-bond donors (Lipinski definition) is 4. The second-order valence-corrected chi connectivity index (χ2v) is 3.87. The van der Waals surface area contributed by atoms with Crippen LogP contribution in [0, 0.1) is 5.41 Å². The van der Waals surface area contributed by atoms with Crippen LogP contribution < -0.4 is 5.32 Å². The van der Waals surface area contributed by atoms with Gasteiger partial charge in [-0.1, -0.05) is 0 Å². The summed E-state index contributed by atoms with van der Waals surface area (Å²) in [6.07, 6.45) is 1.32. The van der Waals surface area contributed by atoms with Crippen molar-refractivity contribution >= 4 is 11.9 Å². The summed E-state index contributed by atoms with van der Waals surface area (Å²) in [5.41, 5.74) is -1.00. The summed E-state index contributed by atoms with van der Waals surface area (Å²) in [6.45, 7) is 2.77. The topological polar surface area (TPSA) is 107 Å². The summed E-state index contributed by atoms with van der Waals surface area (Å²) in [4.78, 5) is 21.7. The zero-order valence-electron chi connectivity index (χ0n) is 8.94. The Labute approximate surface area is 91.9 Å². The Morgan fingerprint density at radius 3 is 2.31 bits per heavy atom. The Hall–Kier alpha value is -1.82. The Morgan fingerprint density at radius 1 is 1.38 bits per heavy atom. The van der Waals surface area contributed by atoms with Gasteiger partial charge in [0.2, 0.25) is 0 Å². The molecule has 6 heteroatoms. The SMILES string of the molecule is CC1=C(C(=O)O)NC(C(=O)O)=CC1(C)CO. The van der Waals surface area contributed by atoms with Crippen LogP contribution in [0.5, 0.6) is 0 Å². The van der Waals surface area contributed by atoms with E-state index in [1.165, 1.54) is 6.08 Å². The summed E-state index contributed by atoms with van der Waals surface area (Å²) in [7, 11) is 0. The van der Waals surface area contributed by atoms with E-state index >= 15 is 0 Å². The fourth-order valence-electron chi connectivity index (χ4n) is 1.47. The smallest absolute Gasteiger partial charge is 0.352 e. The highest BCUT2D eigenvalue weighted by Crippen LogP contribution is 2.34. The number of aliphatic hydroxyl groups is 1. The van der Waals surface area contributed by atoms with Gasteiger partial charge in [-0.2, -0.15) is 0 Å². The largest absolute Gasteiger partial charge is 0.477 e. The van der Waals surface area contributed by atoms with E-state index < -0.39 is 17.4 Å². The molecule has 16 heavy (non-hydrogen) atoms. The molecule has 0 saturated carbocycles. The van der Waals surface area contributed by atoms with Crippen LogP contribution in [0.4, 0.5) is 0 Å². The molecule has 1 aliphatic heterocycles. The highest BCUT2D eigenvalue weighted by molar-refractivity contribution is 5.93. The average molecular weight is 227 g/mol. The van der Waals surface area contributed by atoms with Gasteiger partial charge in [-0.25, -0.2) is 9.59 Å². The lowest BCUT2D eigenvalue weighted by atomic mass is 9.79. The fourth-order valence-corrected chi connectivity index (χ4v) is 1.47. The minimum atomic E-state index is -1.26. The van der Waals surface area contributed by atoms with Crippen LogP contribution in [-0.2, 0) is 9.59 Å². The molecule has 6 nitrogen and oxygen atoms in total. The van der Waals surface area contributed by atoms with E-state index in [9.17, 15) is 14.7 Å². The standard InChI is InChI=1S/C10H13NO5/c1-5-7(9(15)16)11-6(8(13)14)3-10(5,2)4-12/h3,11-12H,4H2,1-2H3,(H,13,14)(H,15,16). The third-order valence-electron chi connectivity index (χ3n) is 2.73. The molecule has 1 rings (SSSR count). The van der Waals surface area contributed by atoms with E-state index in [1.54, 1.807) is 13.8 Å². The number of rotatable bonds is 3. The summed E-state index contributed by atoms with van der Waals surface area (Å²) in [5, 5.41) is 29.3. The van der Waals surface area contributed by atoms with Crippen molar-refractivity contribution in [2.24, 2.45) is 5.41 Å². The first-order valence-electron chi connectivity index (χ1n) is 4.60. The van der Waals surface area contributed by atoms with E-state index in [4.69, 9.17) is 10.2 Å². The van der Waals surface area contributed by atoms with Gasteiger partial charge in [0.05, 0.1) is 6.61 Å². The fraction of sp³-hybridized carbons (Fsp3) is 0.400. The second-order valence-electron chi connectivity index (χ2n) is 3.87. The quantitative estimate of drug-likeness (QED) is 0.537. The zero-order chi connectivity index (χ0) is 12.5. The van der Waals surface area contributed by atoms with Crippen molar-refractivity contribution in [3.63, 3.8) is 0 Å². The van der Waals surface area contributed by atoms with Gasteiger partial charge in [-0.15, -0.1) is 0 Å². The summed E-state index contributed by atoms with van der Waals surface area (Å²) >= 11 is 0. The minimum absolute atomic E-state index is 0.198. The molecule has 1 unspecified atom stereocenters. The maximum absolute atomic E-state index is 10.9. The van der Waals surface area contributed by atoms with Gasteiger partial charge in [-0.05, 0) is 25.5 Å². The predicted octanol–water partition coefficient (Wildman–Crippen LogP) is -0.0847. The van der Waals surface area contributed by atoms with Gasteiger partial charge < -0.3 is 20.6 Å². The van der Waals surface area contributed by atoms with Crippen LogP contribution >= 0.6 is 0 Å². The van der Waals surface area contributed by atoms with E-state index in [1.807, 2.05) is 0 Å². The van der Waals surface area contributed by atoms with Crippen LogP contribution in [0.2, 0.25) is 0 Å². The lowest BCUT2D eigenvalue weighted by molar-refractivity contribution is -0.133. The molecule has 0 spiro atoms. The molecule has 0 aliphatic carbocycles. The number of aliphatic hydroxyl groups excluding tert-OH is 1. The van der Waals surface area contributed by atoms with Crippen molar-refractivity contribution in [2.75, 3.05) is 6.61 Å². The molecule has 0 bridgehead atoms. The van der Waals surface area contributed by atoms with E-state index in [0.29, 0.717) is 5.57 Å². The lowest BCUT2D eigenvalue weighted by Gasteiger charge is -2.31. The molecular weight excluding hydrogens is 214 g/mol. The van der Waals surface area contributed by atoms with E-state index in [-0.39, 0.29) is 18.0 Å². The van der Waals surface area contributed by atoms with Gasteiger partial charge in [0.25, 0.3) is 0 Å². The van der Waals surface area contributed by atoms with Gasteiger partial charge in [-0.3, -0.25) is 0 Å². The van der Waals surface area contributed by atoms with Crippen molar-refractivity contribution < 1.29 is 24.9 Å². The first-order valence-corrected chi connectivity index (χ1v) is 4.60. The first-order chi connectivity index (χ1) is 7.31. The van der Waals surface area contributed by atoms with Crippen molar-refractivity contribution in [1.82, 2.24) is 5.32 Å². The molecule has 1 aliphatic rings. The Bertz CT molecular complexity index is 409. The molecule has 0 aromatic heterocycles. The molecule has 1 heterocycles. The number of hydrogen-bond acceptors (Lipinski definition) is 4. The van der Waals surface area contributed by atoms with E-state index in [0.717, 1.165) is 0 Å². The maximum atomic E-state index is 10.9. The summed E-state index contributed by atoms with van der Waals surface area (Å²) in [6, 6.07) is 0. The van der Waals surface area contributed by atoms with Crippen LogP contribution in [0.3, 0.4) is 0 Å². The third kappa shape index (κ3) is 1.92. The monoisotopic (exact) mass is 227 g/mol. The number of nitrogens with one attached hydrogen (secondary N) is 1. The molecular formula is C10H13NO5. The van der Waals surface area contributed by atoms with Gasteiger partial charge >= 0.3 is 11.9 Å². The summed E-state index contributed by atoms with van der Waals surface area (Å²) < 4.78 is 0. The first kappa shape index (κ1) is 12.3. The number of aliphatic carboxylic acids is 2. The predicted molar refractivity (Wildman–Crippen MR) is 54.4 cm³/mol. The Balaban J connectivity index is 3.28. The lowest BCUT2D eigenvalue weighted by Crippen LogP contribution is -2.37. The van der Waals surface area contributed by atoms with Crippen molar-refractivity contribution in [3.8, 4) is 0 Å². The van der Waals surface area contributed by atoms with Crippen LogP contribution in [0.1, 0.15) is 13.8 Å². The molecule has 4 N–H and O–H groups in total. The van der Waals surface area contributed by atoms with Crippen LogP contribution in [0.15, 0.2) is 23.0 Å². The minimum Gasteiger partial charge on any atom is -0.477 e. The molecule has 0 aromatic rings. The maximum Gasteiger partial charge on any atom is 0.352 e. The second kappa shape index (κ2) is 3.97. The molecule has 1 atom stereocenters. The number of carboxylic acid groups (broad SMARTS) is 2. The Kier molecular flexibility index (Phi) is 3.04. The number of dihydropyridines is 1. The van der Waals surface area contributed by atoms with Gasteiger partial charge in [0, 0.05) is 5.41 Å². The molecule has 0 fully saturated rings. The zero-order valence-corrected chi connectivity index (χ0v) is 8.94. The number of carboxylic acids is 2. The average Bonchev–Trinajstić information content (AvgIpc) is 2.21. The molecule has 0 aromatic carbocycles. The van der Waals surface area contributed by atoms with Crippen LogP contribution in [-0.4, -0.2) is 33.9 Å². The van der Waals surface area contributed by atoms with Crippen LogP contribution in [0.25, 0.3) is 0 Å². The Morgan fingerprint density at radius 2 is 1.94 bits per heavy atom. The molecule has 0 saturated heterocycles.